The molecule has 1 rings (SSSR count). The van der Waals surface area contributed by atoms with E-state index in [1.54, 1.807) is 19.2 Å². The molecule has 0 saturated heterocycles. The molecule has 3 nitrogen and oxygen atoms in total. The summed E-state index contributed by atoms with van der Waals surface area (Å²) < 4.78 is 0. The van der Waals surface area contributed by atoms with Crippen molar-refractivity contribution in [3.8, 4) is 0 Å². The highest BCUT2D eigenvalue weighted by Crippen LogP contribution is 2.20. The fraction of sp³-hybridized carbons (Fsp3) is 0.467. The number of amides is 1. The number of carbonyl (C=O) groups excluding carboxylic acids is 2. The van der Waals surface area contributed by atoms with E-state index in [0.29, 0.717) is 17.7 Å². The van der Waals surface area contributed by atoms with Crippen molar-refractivity contribution in [2.45, 2.75) is 41.5 Å². The Balaban J connectivity index is 0. The number of carbonyl (C=O) groups is 2. The first-order valence-electron chi connectivity index (χ1n) is 6.36. The zero-order chi connectivity index (χ0) is 14.7. The second-order valence-corrected chi connectivity index (χ2v) is 3.29. The number of rotatable bonds is 3. The minimum atomic E-state index is -0.0302. The number of hydrogen-bond acceptors (Lipinski definition) is 2. The van der Waals surface area contributed by atoms with Crippen molar-refractivity contribution in [2.75, 3.05) is 11.9 Å². The molecule has 18 heavy (non-hydrogen) atoms. The molecule has 3 heteroatoms. The van der Waals surface area contributed by atoms with E-state index in [-0.39, 0.29) is 5.78 Å². The molecule has 0 fully saturated rings. The van der Waals surface area contributed by atoms with Crippen LogP contribution in [-0.2, 0) is 4.79 Å². The van der Waals surface area contributed by atoms with E-state index in [1.165, 1.54) is 11.8 Å². The van der Waals surface area contributed by atoms with Gasteiger partial charge in [-0.1, -0.05) is 39.3 Å². The molecular weight excluding hydrogens is 226 g/mol. The molecule has 0 unspecified atom stereocenters. The van der Waals surface area contributed by atoms with Gasteiger partial charge in [-0.25, -0.2) is 0 Å². The average Bonchev–Trinajstić information content (AvgIpc) is 2.42. The van der Waals surface area contributed by atoms with Crippen LogP contribution in [0.2, 0.25) is 0 Å². The topological polar surface area (TPSA) is 37.4 Å². The lowest BCUT2D eigenvalue weighted by Crippen LogP contribution is -2.16. The first-order chi connectivity index (χ1) is 8.56. The van der Waals surface area contributed by atoms with Crippen molar-refractivity contribution in [1.82, 2.24) is 0 Å². The van der Waals surface area contributed by atoms with Crippen LogP contribution in [0.5, 0.6) is 0 Å². The third kappa shape index (κ3) is 5.62. The molecule has 0 aliphatic rings. The third-order valence-corrected chi connectivity index (χ3v) is 2.07. The van der Waals surface area contributed by atoms with E-state index in [2.05, 4.69) is 0 Å². The smallest absolute Gasteiger partial charge is 0.213 e. The number of anilines is 1. The predicted molar refractivity (Wildman–Crippen MR) is 78.3 cm³/mol. The van der Waals surface area contributed by atoms with Crippen molar-refractivity contribution in [3.05, 3.63) is 29.3 Å². The molecule has 0 saturated carbocycles. The quantitative estimate of drug-likeness (QED) is 0.604. The summed E-state index contributed by atoms with van der Waals surface area (Å²) in [6.07, 6.45) is 0.692. The summed E-state index contributed by atoms with van der Waals surface area (Å²) >= 11 is 0. The van der Waals surface area contributed by atoms with Gasteiger partial charge in [-0.05, 0) is 26.0 Å². The largest absolute Gasteiger partial charge is 0.317 e. The zero-order valence-corrected chi connectivity index (χ0v) is 12.6. The van der Waals surface area contributed by atoms with Gasteiger partial charge >= 0.3 is 0 Å². The number of ketones is 1. The highest BCUT2D eigenvalue weighted by atomic mass is 16.1. The lowest BCUT2D eigenvalue weighted by Gasteiger charge is -2.14. The van der Waals surface area contributed by atoms with Crippen molar-refractivity contribution in [1.29, 1.82) is 0 Å². The number of hydrogen-bond donors (Lipinski definition) is 0. The molecule has 1 aromatic carbocycles. The summed E-state index contributed by atoms with van der Waals surface area (Å²) in [7, 11) is 1.63. The van der Waals surface area contributed by atoms with Gasteiger partial charge in [-0.3, -0.25) is 9.59 Å². The predicted octanol–water partition coefficient (Wildman–Crippen LogP) is 3.84. The van der Waals surface area contributed by atoms with Gasteiger partial charge in [0.05, 0.1) is 5.69 Å². The minimum Gasteiger partial charge on any atom is -0.317 e. The lowest BCUT2D eigenvalue weighted by atomic mass is 10.1. The van der Waals surface area contributed by atoms with Crippen LogP contribution in [0, 0.1) is 6.92 Å². The van der Waals surface area contributed by atoms with Crippen molar-refractivity contribution in [3.63, 3.8) is 0 Å². The summed E-state index contributed by atoms with van der Waals surface area (Å²) in [5.74, 6) is -0.0302. The van der Waals surface area contributed by atoms with Gasteiger partial charge < -0.3 is 4.90 Å². The van der Waals surface area contributed by atoms with Gasteiger partial charge in [-0.2, -0.15) is 0 Å². The van der Waals surface area contributed by atoms with Crippen LogP contribution >= 0.6 is 0 Å². The second kappa shape index (κ2) is 10.5. The fourth-order valence-electron chi connectivity index (χ4n) is 1.30. The Hall–Kier alpha value is -1.64. The highest BCUT2D eigenvalue weighted by Gasteiger charge is 2.10. The molecule has 0 N–H and O–H groups in total. The fourth-order valence-corrected chi connectivity index (χ4v) is 1.30. The average molecular weight is 251 g/mol. The number of nitrogens with zero attached hydrogens (tertiary/aromatic N) is 1. The van der Waals surface area contributed by atoms with Crippen LogP contribution in [-0.4, -0.2) is 19.2 Å². The SMILES string of the molecule is CC.CC.CC(=O)c1cc(C)ccc1N(C)C=O. The molecule has 0 aliphatic heterocycles. The Morgan fingerprint density at radius 2 is 1.67 bits per heavy atom. The molecule has 0 radical (unpaired) electrons. The van der Waals surface area contributed by atoms with Gasteiger partial charge in [0.1, 0.15) is 0 Å². The summed E-state index contributed by atoms with van der Waals surface area (Å²) in [4.78, 5) is 23.3. The molecule has 1 aromatic rings. The maximum Gasteiger partial charge on any atom is 0.213 e. The van der Waals surface area contributed by atoms with Crippen molar-refractivity contribution < 1.29 is 9.59 Å². The number of benzene rings is 1. The molecule has 0 aliphatic carbocycles. The maximum absolute atomic E-state index is 11.3. The van der Waals surface area contributed by atoms with E-state index in [0.717, 1.165) is 5.56 Å². The van der Waals surface area contributed by atoms with Gasteiger partial charge in [0.15, 0.2) is 5.78 Å². The number of Topliss-reactive ketones (excluding diaryl/α,β-unsaturated/α-hetero) is 1. The van der Waals surface area contributed by atoms with Crippen LogP contribution < -0.4 is 4.90 Å². The standard InChI is InChI=1S/C11H13NO2.2C2H6/c1-8-4-5-11(12(3)7-13)10(6-8)9(2)14;2*1-2/h4-7H,1-3H3;2*1-2H3. The molecule has 0 spiro atoms. The first kappa shape index (κ1) is 18.7. The zero-order valence-electron chi connectivity index (χ0n) is 12.6. The molecular formula is C15H25NO2. The number of aryl methyl sites for hydroxylation is 1. The highest BCUT2D eigenvalue weighted by molar-refractivity contribution is 6.01. The van der Waals surface area contributed by atoms with Crippen LogP contribution in [0.1, 0.15) is 50.5 Å². The maximum atomic E-state index is 11.3. The Morgan fingerprint density at radius 1 is 1.17 bits per heavy atom. The first-order valence-corrected chi connectivity index (χ1v) is 6.36. The van der Waals surface area contributed by atoms with E-state index >= 15 is 0 Å². The molecule has 102 valence electrons. The van der Waals surface area contributed by atoms with Crippen LogP contribution in [0.3, 0.4) is 0 Å². The Bertz CT molecular complexity index is 373. The molecule has 0 heterocycles. The van der Waals surface area contributed by atoms with E-state index in [4.69, 9.17) is 0 Å². The summed E-state index contributed by atoms with van der Waals surface area (Å²) in [5.41, 5.74) is 2.25. The minimum absolute atomic E-state index is 0.0302. The lowest BCUT2D eigenvalue weighted by molar-refractivity contribution is -0.107. The van der Waals surface area contributed by atoms with Gasteiger partial charge in [0, 0.05) is 12.6 Å². The van der Waals surface area contributed by atoms with Crippen molar-refractivity contribution in [2.24, 2.45) is 0 Å². The Morgan fingerprint density at radius 3 is 2.06 bits per heavy atom. The van der Waals surface area contributed by atoms with Crippen LogP contribution in [0.25, 0.3) is 0 Å². The molecule has 0 atom stereocenters. The van der Waals surface area contributed by atoms with Gasteiger partial charge in [-0.15, -0.1) is 0 Å². The second-order valence-electron chi connectivity index (χ2n) is 3.29. The van der Waals surface area contributed by atoms with Crippen LogP contribution in [0.15, 0.2) is 18.2 Å². The summed E-state index contributed by atoms with van der Waals surface area (Å²) in [6.45, 7) is 11.4. The third-order valence-electron chi connectivity index (χ3n) is 2.07. The monoisotopic (exact) mass is 251 g/mol. The van der Waals surface area contributed by atoms with Gasteiger partial charge in [0.25, 0.3) is 0 Å². The Labute approximate surface area is 111 Å². The molecule has 0 bridgehead atoms. The Kier molecular flexibility index (Phi) is 10.9. The van der Waals surface area contributed by atoms with Crippen molar-refractivity contribution >= 4 is 17.9 Å². The normalized spacial score (nSPS) is 8.17. The summed E-state index contributed by atoms with van der Waals surface area (Å²) in [6, 6.07) is 5.44. The van der Waals surface area contributed by atoms with E-state index < -0.39 is 0 Å². The molecule has 0 aromatic heterocycles. The summed E-state index contributed by atoms with van der Waals surface area (Å²) in [5, 5.41) is 0. The van der Waals surface area contributed by atoms with E-state index in [1.807, 2.05) is 40.7 Å². The van der Waals surface area contributed by atoms with Crippen LogP contribution in [0.4, 0.5) is 5.69 Å². The van der Waals surface area contributed by atoms with E-state index in [9.17, 15) is 9.59 Å². The molecule has 1 amide bonds. The van der Waals surface area contributed by atoms with Gasteiger partial charge in [0.2, 0.25) is 6.41 Å².